The maximum absolute atomic E-state index is 11.9. The molecule has 1 N–H and O–H groups in total. The van der Waals surface area contributed by atoms with E-state index >= 15 is 0 Å². The Hall–Kier alpha value is -2.57. The Labute approximate surface area is 166 Å². The molecule has 0 atom stereocenters. The Morgan fingerprint density at radius 1 is 1.15 bits per heavy atom. The molecule has 3 rings (SSSR count). The molecule has 0 spiro atoms. The van der Waals surface area contributed by atoms with Crippen LogP contribution in [0, 0.1) is 13.8 Å². The van der Waals surface area contributed by atoms with Gasteiger partial charge in [0.25, 0.3) is 0 Å². The van der Waals surface area contributed by atoms with Gasteiger partial charge in [0.1, 0.15) is 12.4 Å². The van der Waals surface area contributed by atoms with E-state index in [1.165, 1.54) is 16.9 Å². The Balaban J connectivity index is 1.47. The number of hydrogen-bond acceptors (Lipinski definition) is 6. The predicted octanol–water partition coefficient (Wildman–Crippen LogP) is 5.28. The molecule has 0 saturated carbocycles. The molecule has 140 valence electrons. The second-order valence-electron chi connectivity index (χ2n) is 6.02. The summed E-state index contributed by atoms with van der Waals surface area (Å²) in [6.07, 6.45) is 0. The van der Waals surface area contributed by atoms with Crippen molar-refractivity contribution in [1.82, 2.24) is 4.98 Å². The van der Waals surface area contributed by atoms with Crippen LogP contribution in [-0.4, -0.2) is 17.6 Å². The molecule has 0 radical (unpaired) electrons. The monoisotopic (exact) mass is 402 g/mol. The van der Waals surface area contributed by atoms with Crippen LogP contribution in [0.1, 0.15) is 16.8 Å². The number of nitrogens with zero attached hydrogens (tertiary/aromatic N) is 1. The minimum Gasteiger partial charge on any atom is -0.480 e. The summed E-state index contributed by atoms with van der Waals surface area (Å²) in [5, 5.41) is 6.28. The van der Waals surface area contributed by atoms with Gasteiger partial charge in [0, 0.05) is 11.1 Å². The maximum atomic E-state index is 11.9. The van der Waals surface area contributed by atoms with Crippen molar-refractivity contribution >= 4 is 39.7 Å². The number of rotatable bonds is 7. The minimum atomic E-state index is -0.478. The van der Waals surface area contributed by atoms with E-state index in [1.807, 2.05) is 49.6 Å². The van der Waals surface area contributed by atoms with E-state index in [0.29, 0.717) is 16.5 Å². The van der Waals surface area contributed by atoms with Crippen molar-refractivity contribution in [2.45, 2.75) is 20.5 Å². The number of esters is 1. The summed E-state index contributed by atoms with van der Waals surface area (Å²) in [6, 6.07) is 13.4. The number of thiazole rings is 1. The summed E-state index contributed by atoms with van der Waals surface area (Å²) in [6.45, 7) is 3.85. The zero-order chi connectivity index (χ0) is 19.2. The number of anilines is 2. The van der Waals surface area contributed by atoms with Gasteiger partial charge in [-0.25, -0.2) is 9.78 Å². The number of ether oxygens (including phenoxy) is 2. The highest BCUT2D eigenvalue weighted by Gasteiger charge is 2.09. The van der Waals surface area contributed by atoms with Gasteiger partial charge in [-0.05, 0) is 43.7 Å². The van der Waals surface area contributed by atoms with Crippen LogP contribution < -0.4 is 10.1 Å². The van der Waals surface area contributed by atoms with Gasteiger partial charge in [-0.15, -0.1) is 11.3 Å². The first-order chi connectivity index (χ1) is 13.0. The minimum absolute atomic E-state index is 0.0931. The van der Waals surface area contributed by atoms with Gasteiger partial charge in [-0.3, -0.25) is 0 Å². The number of halogens is 1. The quantitative estimate of drug-likeness (QED) is 0.545. The highest BCUT2D eigenvalue weighted by atomic mass is 35.5. The SMILES string of the molecule is Cc1ccc(Nc2nc(COC(=O)COc3cc(C)ccc3Cl)cs2)cc1. The van der Waals surface area contributed by atoms with Crippen LogP contribution in [0.4, 0.5) is 10.8 Å². The standard InChI is InChI=1S/C20H19ClN2O3S/c1-13-3-6-15(7-4-13)22-20-23-16(12-27-20)10-26-19(24)11-25-18-9-14(2)5-8-17(18)21/h3-9,12H,10-11H2,1-2H3,(H,22,23). The van der Waals surface area contributed by atoms with Crippen LogP contribution >= 0.6 is 22.9 Å². The number of carbonyl (C=O) groups is 1. The van der Waals surface area contributed by atoms with Crippen LogP contribution in [0.15, 0.2) is 47.8 Å². The van der Waals surface area contributed by atoms with Crippen LogP contribution in [0.5, 0.6) is 5.75 Å². The van der Waals surface area contributed by atoms with Crippen LogP contribution in [-0.2, 0) is 16.1 Å². The van der Waals surface area contributed by atoms with Crippen molar-refractivity contribution in [2.75, 3.05) is 11.9 Å². The molecule has 2 aromatic carbocycles. The second-order valence-corrected chi connectivity index (χ2v) is 7.28. The molecule has 3 aromatic rings. The van der Waals surface area contributed by atoms with Gasteiger partial charge in [0.15, 0.2) is 11.7 Å². The lowest BCUT2D eigenvalue weighted by Crippen LogP contribution is -2.15. The van der Waals surface area contributed by atoms with E-state index in [-0.39, 0.29) is 13.2 Å². The molecule has 0 unspecified atom stereocenters. The maximum Gasteiger partial charge on any atom is 0.344 e. The lowest BCUT2D eigenvalue weighted by molar-refractivity contribution is -0.147. The summed E-state index contributed by atoms with van der Waals surface area (Å²) in [5.74, 6) is -0.0134. The predicted molar refractivity (Wildman–Crippen MR) is 108 cm³/mol. The van der Waals surface area contributed by atoms with E-state index in [0.717, 1.165) is 16.4 Å². The summed E-state index contributed by atoms with van der Waals surface area (Å²) in [7, 11) is 0. The van der Waals surface area contributed by atoms with Crippen molar-refractivity contribution in [3.05, 3.63) is 69.7 Å². The molecular weight excluding hydrogens is 384 g/mol. The normalized spacial score (nSPS) is 10.5. The van der Waals surface area contributed by atoms with Crippen molar-refractivity contribution < 1.29 is 14.3 Å². The lowest BCUT2D eigenvalue weighted by Gasteiger charge is -2.08. The summed E-state index contributed by atoms with van der Waals surface area (Å²) in [4.78, 5) is 16.3. The molecule has 0 aliphatic heterocycles. The van der Waals surface area contributed by atoms with Gasteiger partial charge in [-0.2, -0.15) is 0 Å². The average molecular weight is 403 g/mol. The number of hydrogen-bond donors (Lipinski definition) is 1. The Morgan fingerprint density at radius 3 is 2.67 bits per heavy atom. The molecule has 0 aliphatic carbocycles. The lowest BCUT2D eigenvalue weighted by atomic mass is 10.2. The van der Waals surface area contributed by atoms with Crippen molar-refractivity contribution in [3.8, 4) is 5.75 Å². The van der Waals surface area contributed by atoms with Gasteiger partial charge >= 0.3 is 5.97 Å². The molecule has 1 heterocycles. The second kappa shape index (κ2) is 8.88. The van der Waals surface area contributed by atoms with E-state index in [9.17, 15) is 4.79 Å². The molecule has 0 amide bonds. The fraction of sp³-hybridized carbons (Fsp3) is 0.200. The fourth-order valence-corrected chi connectivity index (χ4v) is 3.13. The Morgan fingerprint density at radius 2 is 1.89 bits per heavy atom. The van der Waals surface area contributed by atoms with Gasteiger partial charge in [0.05, 0.1) is 10.7 Å². The number of aromatic nitrogens is 1. The van der Waals surface area contributed by atoms with Gasteiger partial charge in [-0.1, -0.05) is 35.4 Å². The third-order valence-corrected chi connectivity index (χ3v) is 4.79. The first kappa shape index (κ1) is 19.2. The smallest absolute Gasteiger partial charge is 0.344 e. The fourth-order valence-electron chi connectivity index (χ4n) is 2.25. The van der Waals surface area contributed by atoms with E-state index < -0.39 is 5.97 Å². The van der Waals surface area contributed by atoms with Crippen LogP contribution in [0.3, 0.4) is 0 Å². The third kappa shape index (κ3) is 5.70. The molecule has 0 saturated heterocycles. The van der Waals surface area contributed by atoms with E-state index in [4.69, 9.17) is 21.1 Å². The Kier molecular flexibility index (Phi) is 6.32. The molecule has 0 bridgehead atoms. The zero-order valence-electron chi connectivity index (χ0n) is 15.0. The Bertz CT molecular complexity index is 925. The summed E-state index contributed by atoms with van der Waals surface area (Å²) < 4.78 is 10.6. The van der Waals surface area contributed by atoms with Crippen LogP contribution in [0.2, 0.25) is 5.02 Å². The molecule has 5 nitrogen and oxygen atoms in total. The number of carbonyl (C=O) groups excluding carboxylic acids is 1. The van der Waals surface area contributed by atoms with Crippen molar-refractivity contribution in [3.63, 3.8) is 0 Å². The third-order valence-electron chi connectivity index (χ3n) is 3.67. The molecule has 1 aromatic heterocycles. The van der Waals surface area contributed by atoms with Crippen molar-refractivity contribution in [1.29, 1.82) is 0 Å². The molecular formula is C20H19ClN2O3S. The average Bonchev–Trinajstić information content (AvgIpc) is 3.10. The topological polar surface area (TPSA) is 60.5 Å². The molecule has 0 aliphatic rings. The van der Waals surface area contributed by atoms with Crippen molar-refractivity contribution in [2.24, 2.45) is 0 Å². The van der Waals surface area contributed by atoms with E-state index in [2.05, 4.69) is 10.3 Å². The summed E-state index contributed by atoms with van der Waals surface area (Å²) >= 11 is 7.49. The number of benzene rings is 2. The number of nitrogens with one attached hydrogen (secondary N) is 1. The first-order valence-corrected chi connectivity index (χ1v) is 9.58. The zero-order valence-corrected chi connectivity index (χ0v) is 16.6. The number of aryl methyl sites for hydroxylation is 2. The molecule has 0 fully saturated rings. The van der Waals surface area contributed by atoms with Gasteiger partial charge < -0.3 is 14.8 Å². The van der Waals surface area contributed by atoms with Gasteiger partial charge in [0.2, 0.25) is 0 Å². The largest absolute Gasteiger partial charge is 0.480 e. The highest BCUT2D eigenvalue weighted by Crippen LogP contribution is 2.25. The summed E-state index contributed by atoms with van der Waals surface area (Å²) in [5.41, 5.74) is 3.83. The highest BCUT2D eigenvalue weighted by molar-refractivity contribution is 7.13. The molecule has 7 heteroatoms. The van der Waals surface area contributed by atoms with E-state index in [1.54, 1.807) is 12.1 Å². The molecule has 27 heavy (non-hydrogen) atoms. The van der Waals surface area contributed by atoms with Crippen LogP contribution in [0.25, 0.3) is 0 Å². The first-order valence-electron chi connectivity index (χ1n) is 8.32.